The van der Waals surface area contributed by atoms with Crippen LogP contribution in [0.2, 0.25) is 0 Å². The van der Waals surface area contributed by atoms with Crippen LogP contribution in [0.5, 0.6) is 0 Å². The van der Waals surface area contributed by atoms with Gasteiger partial charge in [-0.2, -0.15) is 0 Å². The Labute approximate surface area is 87.7 Å². The van der Waals surface area contributed by atoms with Crippen molar-refractivity contribution >= 4 is 12.0 Å². The van der Waals surface area contributed by atoms with E-state index in [-0.39, 0.29) is 6.54 Å². The predicted molar refractivity (Wildman–Crippen MR) is 52.4 cm³/mol. The van der Waals surface area contributed by atoms with E-state index in [4.69, 9.17) is 10.2 Å². The van der Waals surface area contributed by atoms with E-state index < -0.39 is 18.1 Å². The van der Waals surface area contributed by atoms with Crippen LogP contribution in [0.4, 0.5) is 4.79 Å². The van der Waals surface area contributed by atoms with Crippen molar-refractivity contribution in [2.45, 2.75) is 25.4 Å². The van der Waals surface area contributed by atoms with Gasteiger partial charge in [-0.1, -0.05) is 12.8 Å². The summed E-state index contributed by atoms with van der Waals surface area (Å²) < 4.78 is 0. The summed E-state index contributed by atoms with van der Waals surface area (Å²) in [5.41, 5.74) is 0. The van der Waals surface area contributed by atoms with E-state index in [0.29, 0.717) is 6.54 Å². The number of aliphatic carboxylic acids is 1. The lowest BCUT2D eigenvalue weighted by Gasteiger charge is -2.08. The molecule has 1 atom stereocenters. The van der Waals surface area contributed by atoms with Crippen molar-refractivity contribution < 1.29 is 19.8 Å². The fourth-order valence-electron chi connectivity index (χ4n) is 1.14. The molecule has 0 saturated heterocycles. The van der Waals surface area contributed by atoms with Crippen molar-refractivity contribution in [3.05, 3.63) is 0 Å². The van der Waals surface area contributed by atoms with Crippen molar-refractivity contribution in [3.63, 3.8) is 0 Å². The largest absolute Gasteiger partial charge is 0.479 e. The van der Waals surface area contributed by atoms with Crippen LogP contribution in [0.3, 0.4) is 0 Å². The van der Waals surface area contributed by atoms with Crippen molar-refractivity contribution in [3.8, 4) is 0 Å². The minimum atomic E-state index is -1.54. The topological polar surface area (TPSA) is 98.7 Å². The van der Waals surface area contributed by atoms with Crippen LogP contribution < -0.4 is 10.6 Å². The number of hydrogen-bond donors (Lipinski definition) is 4. The molecular weight excluding hydrogens is 200 g/mol. The molecule has 1 fully saturated rings. The van der Waals surface area contributed by atoms with E-state index in [9.17, 15) is 9.59 Å². The molecule has 6 heteroatoms. The van der Waals surface area contributed by atoms with Gasteiger partial charge in [0.1, 0.15) is 0 Å². The van der Waals surface area contributed by atoms with Gasteiger partial charge >= 0.3 is 12.0 Å². The van der Waals surface area contributed by atoms with Gasteiger partial charge < -0.3 is 20.8 Å². The van der Waals surface area contributed by atoms with Gasteiger partial charge in [-0.15, -0.1) is 0 Å². The number of carbonyl (C=O) groups excluding carboxylic acids is 1. The second-order valence-electron chi connectivity index (χ2n) is 3.72. The first-order valence-corrected chi connectivity index (χ1v) is 5.02. The van der Waals surface area contributed by atoms with Crippen LogP contribution in [0.15, 0.2) is 0 Å². The summed E-state index contributed by atoms with van der Waals surface area (Å²) in [6, 6.07) is -0.434. The minimum absolute atomic E-state index is 0.273. The highest BCUT2D eigenvalue weighted by Crippen LogP contribution is 2.31. The fraction of sp³-hybridized carbons (Fsp3) is 0.778. The number of amides is 2. The number of rotatable bonds is 6. The number of aliphatic hydroxyl groups is 1. The molecule has 1 aliphatic carbocycles. The van der Waals surface area contributed by atoms with Gasteiger partial charge in [0.05, 0.1) is 6.54 Å². The Balaban J connectivity index is 1.99. The van der Waals surface area contributed by atoms with Crippen molar-refractivity contribution in [2.75, 3.05) is 13.1 Å². The Morgan fingerprint density at radius 1 is 1.33 bits per heavy atom. The molecule has 0 aromatic heterocycles. The van der Waals surface area contributed by atoms with Crippen molar-refractivity contribution in [2.24, 2.45) is 5.92 Å². The SMILES string of the molecule is O=C(NCCC1CC1)NC[C@H](O)C(=O)O. The predicted octanol–water partition coefficient (Wildman–Crippen LogP) is -0.469. The first kappa shape index (κ1) is 11.8. The first-order valence-electron chi connectivity index (χ1n) is 5.02. The van der Waals surface area contributed by atoms with E-state index in [1.54, 1.807) is 0 Å². The average molecular weight is 216 g/mol. The summed E-state index contributed by atoms with van der Waals surface area (Å²) in [6.45, 7) is 0.324. The Morgan fingerprint density at radius 2 is 2.00 bits per heavy atom. The van der Waals surface area contributed by atoms with E-state index in [0.717, 1.165) is 12.3 Å². The first-order chi connectivity index (χ1) is 7.09. The molecule has 0 bridgehead atoms. The molecule has 1 rings (SSSR count). The molecule has 0 radical (unpaired) electrons. The second kappa shape index (κ2) is 5.55. The van der Waals surface area contributed by atoms with Crippen LogP contribution in [-0.4, -0.2) is 41.4 Å². The van der Waals surface area contributed by atoms with E-state index >= 15 is 0 Å². The zero-order chi connectivity index (χ0) is 11.3. The van der Waals surface area contributed by atoms with Crippen LogP contribution in [0, 0.1) is 5.92 Å². The van der Waals surface area contributed by atoms with Crippen LogP contribution >= 0.6 is 0 Å². The summed E-state index contributed by atoms with van der Waals surface area (Å²) in [5, 5.41) is 22.1. The molecule has 1 aliphatic rings. The maximum Gasteiger partial charge on any atom is 0.334 e. The Morgan fingerprint density at radius 3 is 2.53 bits per heavy atom. The number of carboxylic acids is 1. The monoisotopic (exact) mass is 216 g/mol. The Bertz CT molecular complexity index is 240. The maximum absolute atomic E-state index is 11.0. The summed E-state index contributed by atoms with van der Waals surface area (Å²) in [4.78, 5) is 21.2. The Hall–Kier alpha value is -1.30. The van der Waals surface area contributed by atoms with Crippen LogP contribution in [-0.2, 0) is 4.79 Å². The highest BCUT2D eigenvalue weighted by atomic mass is 16.4. The quantitative estimate of drug-likeness (QED) is 0.482. The normalized spacial score (nSPS) is 16.9. The molecule has 1 saturated carbocycles. The zero-order valence-corrected chi connectivity index (χ0v) is 8.40. The van der Waals surface area contributed by atoms with Crippen LogP contribution in [0.1, 0.15) is 19.3 Å². The van der Waals surface area contributed by atoms with E-state index in [1.807, 2.05) is 0 Å². The third-order valence-corrected chi connectivity index (χ3v) is 2.28. The summed E-state index contributed by atoms with van der Waals surface area (Å²) in [7, 11) is 0. The molecule has 0 spiro atoms. The Kier molecular flexibility index (Phi) is 4.36. The summed E-state index contributed by atoms with van der Waals surface area (Å²) in [5.74, 6) is -0.594. The fourth-order valence-corrected chi connectivity index (χ4v) is 1.14. The lowest BCUT2D eigenvalue weighted by Crippen LogP contribution is -2.42. The molecule has 0 aromatic rings. The minimum Gasteiger partial charge on any atom is -0.479 e. The number of hydrogen-bond acceptors (Lipinski definition) is 3. The van der Waals surface area contributed by atoms with Gasteiger partial charge in [0.25, 0.3) is 0 Å². The molecule has 86 valence electrons. The van der Waals surface area contributed by atoms with Gasteiger partial charge in [-0.25, -0.2) is 9.59 Å². The molecule has 4 N–H and O–H groups in total. The smallest absolute Gasteiger partial charge is 0.334 e. The van der Waals surface area contributed by atoms with Crippen molar-refractivity contribution in [1.29, 1.82) is 0 Å². The number of carbonyl (C=O) groups is 2. The van der Waals surface area contributed by atoms with Crippen LogP contribution in [0.25, 0.3) is 0 Å². The van der Waals surface area contributed by atoms with Gasteiger partial charge in [0.15, 0.2) is 6.10 Å². The van der Waals surface area contributed by atoms with Gasteiger partial charge in [0, 0.05) is 6.54 Å². The maximum atomic E-state index is 11.0. The number of carboxylic acid groups (broad SMARTS) is 1. The lowest BCUT2D eigenvalue weighted by molar-refractivity contribution is -0.146. The molecule has 0 aliphatic heterocycles. The van der Waals surface area contributed by atoms with Crippen molar-refractivity contribution in [1.82, 2.24) is 10.6 Å². The standard InChI is InChI=1S/C9H16N2O4/c12-7(8(13)14)5-11-9(15)10-4-3-6-1-2-6/h6-7,12H,1-5H2,(H,13,14)(H2,10,11,15)/t7-/m0/s1. The van der Waals surface area contributed by atoms with E-state index in [1.165, 1.54) is 12.8 Å². The number of urea groups is 1. The average Bonchev–Trinajstić information content (AvgIpc) is 2.97. The van der Waals surface area contributed by atoms with Gasteiger partial charge in [-0.05, 0) is 12.3 Å². The molecular formula is C9H16N2O4. The highest BCUT2D eigenvalue weighted by molar-refractivity contribution is 5.76. The third-order valence-electron chi connectivity index (χ3n) is 2.28. The van der Waals surface area contributed by atoms with Gasteiger partial charge in [-0.3, -0.25) is 0 Å². The summed E-state index contributed by atoms with van der Waals surface area (Å²) in [6.07, 6.45) is 1.90. The molecule has 15 heavy (non-hydrogen) atoms. The van der Waals surface area contributed by atoms with Gasteiger partial charge in [0.2, 0.25) is 0 Å². The van der Waals surface area contributed by atoms with E-state index in [2.05, 4.69) is 10.6 Å². The summed E-state index contributed by atoms with van der Waals surface area (Å²) >= 11 is 0. The number of aliphatic hydroxyl groups excluding tert-OH is 1. The highest BCUT2D eigenvalue weighted by Gasteiger charge is 2.20. The third kappa shape index (κ3) is 5.21. The molecule has 2 amide bonds. The molecule has 6 nitrogen and oxygen atoms in total. The molecule has 0 unspecified atom stereocenters. The number of nitrogens with one attached hydrogen (secondary N) is 2. The lowest BCUT2D eigenvalue weighted by atomic mass is 10.3. The second-order valence-corrected chi connectivity index (χ2v) is 3.72. The molecule has 0 heterocycles. The molecule has 0 aromatic carbocycles. The zero-order valence-electron chi connectivity index (χ0n) is 8.40.